The molecule has 1 aromatic heterocycles. The predicted molar refractivity (Wildman–Crippen MR) is 65.8 cm³/mol. The molecule has 82 valence electrons. The molecule has 0 amide bonds. The molecule has 0 spiro atoms. The molecule has 0 fully saturated rings. The van der Waals surface area contributed by atoms with Crippen LogP contribution in [0.4, 0.5) is 0 Å². The van der Waals surface area contributed by atoms with Crippen LogP contribution in [0.5, 0.6) is 0 Å². The lowest BCUT2D eigenvalue weighted by Crippen LogP contribution is -2.02. The van der Waals surface area contributed by atoms with Crippen LogP contribution < -0.4 is 0 Å². The van der Waals surface area contributed by atoms with Crippen LogP contribution in [0.25, 0.3) is 0 Å². The van der Waals surface area contributed by atoms with Crippen molar-refractivity contribution in [1.29, 1.82) is 0 Å². The fourth-order valence-corrected chi connectivity index (χ4v) is 1.91. The molecule has 0 radical (unpaired) electrons. The molecule has 0 saturated heterocycles. The fraction of sp³-hybridized carbons (Fsp3) is 0.154. The number of furan rings is 1. The molecule has 2 rings (SSSR count). The molecule has 0 atom stereocenters. The summed E-state index contributed by atoms with van der Waals surface area (Å²) in [5.41, 5.74) is 1.60. The lowest BCUT2D eigenvalue weighted by Gasteiger charge is -2.04. The second kappa shape index (κ2) is 4.26. The number of carbonyl (C=O) groups is 1. The number of benzene rings is 1. The molecular formula is C13H11BrO2. The zero-order valence-electron chi connectivity index (χ0n) is 9.08. The van der Waals surface area contributed by atoms with Gasteiger partial charge in [0.15, 0.2) is 5.76 Å². The first-order valence-electron chi connectivity index (χ1n) is 4.96. The summed E-state index contributed by atoms with van der Waals surface area (Å²) >= 11 is 3.41. The lowest BCUT2D eigenvalue weighted by atomic mass is 10.0. The van der Waals surface area contributed by atoms with Gasteiger partial charge in [-0.25, -0.2) is 0 Å². The van der Waals surface area contributed by atoms with Crippen molar-refractivity contribution in [2.45, 2.75) is 13.8 Å². The molecule has 0 aliphatic heterocycles. The Balaban J connectivity index is 2.45. The third kappa shape index (κ3) is 1.95. The fourth-order valence-electron chi connectivity index (χ4n) is 1.54. The number of ketones is 1. The highest BCUT2D eigenvalue weighted by molar-refractivity contribution is 9.10. The molecule has 0 unspecified atom stereocenters. The standard InChI is InChI=1S/C13H11BrO2/c1-8-6-7-12(16-8)13(15)10-4-3-5-11(14)9(10)2/h3-7H,1-2H3. The van der Waals surface area contributed by atoms with Gasteiger partial charge in [-0.2, -0.15) is 0 Å². The van der Waals surface area contributed by atoms with Crippen molar-refractivity contribution in [2.24, 2.45) is 0 Å². The average molecular weight is 279 g/mol. The Hall–Kier alpha value is -1.35. The molecule has 3 heteroatoms. The minimum Gasteiger partial charge on any atom is -0.458 e. The molecule has 0 N–H and O–H groups in total. The summed E-state index contributed by atoms with van der Waals surface area (Å²) in [4.78, 5) is 12.1. The Labute approximate surface area is 102 Å². The topological polar surface area (TPSA) is 30.2 Å². The summed E-state index contributed by atoms with van der Waals surface area (Å²) in [5.74, 6) is 1.06. The zero-order chi connectivity index (χ0) is 11.7. The largest absolute Gasteiger partial charge is 0.458 e. The maximum atomic E-state index is 12.1. The summed E-state index contributed by atoms with van der Waals surface area (Å²) in [6, 6.07) is 9.07. The van der Waals surface area contributed by atoms with Crippen LogP contribution in [-0.2, 0) is 0 Å². The van der Waals surface area contributed by atoms with Crippen LogP contribution in [0, 0.1) is 13.8 Å². The van der Waals surface area contributed by atoms with Crippen molar-refractivity contribution in [3.63, 3.8) is 0 Å². The smallest absolute Gasteiger partial charge is 0.228 e. The van der Waals surface area contributed by atoms with Crippen LogP contribution in [-0.4, -0.2) is 5.78 Å². The number of halogens is 1. The van der Waals surface area contributed by atoms with Gasteiger partial charge in [-0.1, -0.05) is 28.1 Å². The Morgan fingerprint density at radius 3 is 2.56 bits per heavy atom. The van der Waals surface area contributed by atoms with E-state index in [1.165, 1.54) is 0 Å². The van der Waals surface area contributed by atoms with Gasteiger partial charge in [-0.05, 0) is 37.6 Å². The summed E-state index contributed by atoms with van der Waals surface area (Å²) in [5, 5.41) is 0. The third-order valence-electron chi connectivity index (χ3n) is 2.48. The Morgan fingerprint density at radius 2 is 1.94 bits per heavy atom. The summed E-state index contributed by atoms with van der Waals surface area (Å²) in [6.45, 7) is 3.73. The first-order valence-corrected chi connectivity index (χ1v) is 5.75. The molecule has 0 bridgehead atoms. The van der Waals surface area contributed by atoms with Crippen LogP contribution in [0.3, 0.4) is 0 Å². The van der Waals surface area contributed by atoms with Gasteiger partial charge in [0.1, 0.15) is 5.76 Å². The van der Waals surface area contributed by atoms with Gasteiger partial charge in [0.2, 0.25) is 5.78 Å². The minimum absolute atomic E-state index is 0.0769. The molecule has 2 nitrogen and oxygen atoms in total. The Kier molecular flexibility index (Phi) is 2.97. The molecular weight excluding hydrogens is 268 g/mol. The van der Waals surface area contributed by atoms with Gasteiger partial charge in [-0.15, -0.1) is 0 Å². The Bertz CT molecular complexity index is 541. The van der Waals surface area contributed by atoms with E-state index < -0.39 is 0 Å². The predicted octanol–water partition coefficient (Wildman–Crippen LogP) is 3.89. The van der Waals surface area contributed by atoms with Crippen molar-refractivity contribution < 1.29 is 9.21 Å². The molecule has 2 aromatic rings. The van der Waals surface area contributed by atoms with Crippen LogP contribution in [0.15, 0.2) is 39.2 Å². The summed E-state index contributed by atoms with van der Waals surface area (Å²) in [6.07, 6.45) is 0. The quantitative estimate of drug-likeness (QED) is 0.781. The SMILES string of the molecule is Cc1ccc(C(=O)c2cccc(Br)c2C)o1. The van der Waals surface area contributed by atoms with E-state index in [0.717, 1.165) is 15.8 Å². The molecule has 1 heterocycles. The van der Waals surface area contributed by atoms with E-state index in [9.17, 15) is 4.79 Å². The van der Waals surface area contributed by atoms with Crippen molar-refractivity contribution in [1.82, 2.24) is 0 Å². The normalized spacial score (nSPS) is 10.4. The van der Waals surface area contributed by atoms with Gasteiger partial charge in [0, 0.05) is 10.0 Å². The maximum absolute atomic E-state index is 12.1. The number of rotatable bonds is 2. The summed E-state index contributed by atoms with van der Waals surface area (Å²) in [7, 11) is 0. The van der Waals surface area contributed by atoms with E-state index in [2.05, 4.69) is 15.9 Å². The van der Waals surface area contributed by atoms with Crippen molar-refractivity contribution in [3.8, 4) is 0 Å². The number of hydrogen-bond donors (Lipinski definition) is 0. The third-order valence-corrected chi connectivity index (χ3v) is 3.34. The van der Waals surface area contributed by atoms with E-state index >= 15 is 0 Å². The Morgan fingerprint density at radius 1 is 1.19 bits per heavy atom. The summed E-state index contributed by atoms with van der Waals surface area (Å²) < 4.78 is 6.26. The van der Waals surface area contributed by atoms with Crippen LogP contribution >= 0.6 is 15.9 Å². The maximum Gasteiger partial charge on any atom is 0.228 e. The van der Waals surface area contributed by atoms with Crippen molar-refractivity contribution >= 4 is 21.7 Å². The van der Waals surface area contributed by atoms with Gasteiger partial charge in [-0.3, -0.25) is 4.79 Å². The van der Waals surface area contributed by atoms with Gasteiger partial charge < -0.3 is 4.42 Å². The van der Waals surface area contributed by atoms with E-state index in [4.69, 9.17) is 4.42 Å². The van der Waals surface area contributed by atoms with Crippen LogP contribution in [0.2, 0.25) is 0 Å². The first-order chi connectivity index (χ1) is 7.59. The second-order valence-electron chi connectivity index (χ2n) is 3.65. The van der Waals surface area contributed by atoms with E-state index in [1.54, 1.807) is 18.2 Å². The van der Waals surface area contributed by atoms with Crippen LogP contribution in [0.1, 0.15) is 27.4 Å². The molecule has 0 aliphatic rings. The van der Waals surface area contributed by atoms with Gasteiger partial charge in [0.25, 0.3) is 0 Å². The van der Waals surface area contributed by atoms with Crippen molar-refractivity contribution in [2.75, 3.05) is 0 Å². The lowest BCUT2D eigenvalue weighted by molar-refractivity contribution is 0.101. The van der Waals surface area contributed by atoms with Gasteiger partial charge in [0.05, 0.1) is 0 Å². The zero-order valence-corrected chi connectivity index (χ0v) is 10.7. The highest BCUT2D eigenvalue weighted by Crippen LogP contribution is 2.22. The number of aryl methyl sites for hydroxylation is 1. The monoisotopic (exact) mass is 278 g/mol. The van der Waals surface area contributed by atoms with E-state index in [-0.39, 0.29) is 5.78 Å². The van der Waals surface area contributed by atoms with Gasteiger partial charge >= 0.3 is 0 Å². The molecule has 0 saturated carbocycles. The number of hydrogen-bond acceptors (Lipinski definition) is 2. The molecule has 16 heavy (non-hydrogen) atoms. The highest BCUT2D eigenvalue weighted by atomic mass is 79.9. The molecule has 0 aliphatic carbocycles. The molecule has 1 aromatic carbocycles. The highest BCUT2D eigenvalue weighted by Gasteiger charge is 2.15. The average Bonchev–Trinajstić information content (AvgIpc) is 2.68. The minimum atomic E-state index is -0.0769. The van der Waals surface area contributed by atoms with E-state index in [1.807, 2.05) is 26.0 Å². The van der Waals surface area contributed by atoms with Crippen molar-refractivity contribution in [3.05, 3.63) is 57.5 Å². The second-order valence-corrected chi connectivity index (χ2v) is 4.51. The number of carbonyl (C=O) groups excluding carboxylic acids is 1. The first kappa shape index (κ1) is 11.1. The van der Waals surface area contributed by atoms with E-state index in [0.29, 0.717) is 11.3 Å².